The third-order valence-electron chi connectivity index (χ3n) is 3.81. The van der Waals surface area contributed by atoms with E-state index in [9.17, 15) is 0 Å². The van der Waals surface area contributed by atoms with Crippen molar-refractivity contribution in [1.29, 1.82) is 0 Å². The molecule has 0 saturated carbocycles. The Morgan fingerprint density at radius 3 is 2.94 bits per heavy atom. The Hall–Kier alpha value is -0.800. The van der Waals surface area contributed by atoms with Gasteiger partial charge in [0.15, 0.2) is 0 Å². The molecular formula is C14H24N2O. The number of nitrogens with zero attached hydrogens (tertiary/aromatic N) is 1. The zero-order valence-corrected chi connectivity index (χ0v) is 11.3. The van der Waals surface area contributed by atoms with Crippen molar-refractivity contribution < 1.29 is 4.42 Å². The summed E-state index contributed by atoms with van der Waals surface area (Å²) < 4.78 is 5.56. The molecule has 0 radical (unpaired) electrons. The third kappa shape index (κ3) is 2.90. The van der Waals surface area contributed by atoms with E-state index in [0.29, 0.717) is 5.54 Å². The van der Waals surface area contributed by atoms with E-state index in [1.807, 2.05) is 6.26 Å². The molecule has 96 valence electrons. The third-order valence-corrected chi connectivity index (χ3v) is 3.81. The second-order valence-corrected chi connectivity index (χ2v) is 5.49. The van der Waals surface area contributed by atoms with Crippen molar-refractivity contribution in [3.63, 3.8) is 0 Å². The topological polar surface area (TPSA) is 28.4 Å². The van der Waals surface area contributed by atoms with Gasteiger partial charge in [0, 0.05) is 17.6 Å². The van der Waals surface area contributed by atoms with Gasteiger partial charge in [0.1, 0.15) is 5.76 Å². The largest absolute Gasteiger partial charge is 0.468 e. The first-order chi connectivity index (χ1) is 8.13. The van der Waals surface area contributed by atoms with E-state index in [0.717, 1.165) is 25.4 Å². The van der Waals surface area contributed by atoms with E-state index >= 15 is 0 Å². The monoisotopic (exact) mass is 236 g/mol. The quantitative estimate of drug-likeness (QED) is 0.852. The van der Waals surface area contributed by atoms with Crippen molar-refractivity contribution in [3.8, 4) is 0 Å². The van der Waals surface area contributed by atoms with Gasteiger partial charge >= 0.3 is 0 Å². The Bertz CT molecular complexity index is 357. The molecule has 3 heteroatoms. The minimum Gasteiger partial charge on any atom is -0.468 e. The lowest BCUT2D eigenvalue weighted by Gasteiger charge is -2.31. The fraction of sp³-hybridized carbons (Fsp3) is 0.714. The highest BCUT2D eigenvalue weighted by atomic mass is 16.3. The van der Waals surface area contributed by atoms with Crippen molar-refractivity contribution in [3.05, 3.63) is 23.7 Å². The normalized spacial score (nSPS) is 19.9. The van der Waals surface area contributed by atoms with Crippen molar-refractivity contribution in [2.75, 3.05) is 13.1 Å². The first-order valence-electron chi connectivity index (χ1n) is 6.64. The Balaban J connectivity index is 2.01. The van der Waals surface area contributed by atoms with E-state index < -0.39 is 0 Å². The van der Waals surface area contributed by atoms with Crippen LogP contribution in [-0.2, 0) is 13.1 Å². The highest BCUT2D eigenvalue weighted by molar-refractivity contribution is 5.17. The molecule has 1 aliphatic rings. The van der Waals surface area contributed by atoms with Gasteiger partial charge in [0.25, 0.3) is 0 Å². The zero-order valence-electron chi connectivity index (χ0n) is 11.3. The molecule has 17 heavy (non-hydrogen) atoms. The second-order valence-electron chi connectivity index (χ2n) is 5.49. The molecule has 0 atom stereocenters. The first kappa shape index (κ1) is 12.7. The fourth-order valence-corrected chi connectivity index (χ4v) is 2.56. The van der Waals surface area contributed by atoms with Crippen LogP contribution in [0.15, 0.2) is 16.7 Å². The number of nitrogens with one attached hydrogen (secondary N) is 1. The fourth-order valence-electron chi connectivity index (χ4n) is 2.56. The molecule has 3 nitrogen and oxygen atoms in total. The van der Waals surface area contributed by atoms with Crippen LogP contribution in [0.3, 0.4) is 0 Å². The molecule has 0 unspecified atom stereocenters. The smallest absolute Gasteiger partial charge is 0.122 e. The molecule has 1 fully saturated rings. The summed E-state index contributed by atoms with van der Waals surface area (Å²) in [6, 6.07) is 2.11. The van der Waals surface area contributed by atoms with Gasteiger partial charge < -0.3 is 9.73 Å². The van der Waals surface area contributed by atoms with Gasteiger partial charge in [-0.15, -0.1) is 0 Å². The van der Waals surface area contributed by atoms with Gasteiger partial charge in [-0.05, 0) is 45.8 Å². The average molecular weight is 236 g/mol. The summed E-state index contributed by atoms with van der Waals surface area (Å²) in [5.41, 5.74) is 1.67. The van der Waals surface area contributed by atoms with Crippen LogP contribution in [0.5, 0.6) is 0 Å². The number of furan rings is 1. The standard InChI is InChI=1S/C14H24N2O/c1-4-15-10-13-12(6-9-17-13)11-16-8-5-7-14(16,2)3/h6,9,15H,4-5,7-8,10-11H2,1-3H3. The minimum atomic E-state index is 0.340. The average Bonchev–Trinajstić information content (AvgIpc) is 2.84. The summed E-state index contributed by atoms with van der Waals surface area (Å²) >= 11 is 0. The van der Waals surface area contributed by atoms with Gasteiger partial charge in [0.05, 0.1) is 12.8 Å². The van der Waals surface area contributed by atoms with E-state index in [1.165, 1.54) is 24.9 Å². The van der Waals surface area contributed by atoms with Crippen LogP contribution in [0.1, 0.15) is 44.9 Å². The maximum Gasteiger partial charge on any atom is 0.122 e. The summed E-state index contributed by atoms with van der Waals surface area (Å²) in [5.74, 6) is 1.09. The van der Waals surface area contributed by atoms with Gasteiger partial charge in [-0.25, -0.2) is 0 Å². The van der Waals surface area contributed by atoms with Crippen molar-refractivity contribution in [1.82, 2.24) is 10.2 Å². The molecule has 1 aliphatic heterocycles. The van der Waals surface area contributed by atoms with Crippen LogP contribution in [0.4, 0.5) is 0 Å². The van der Waals surface area contributed by atoms with Crippen LogP contribution in [0.25, 0.3) is 0 Å². The highest BCUT2D eigenvalue weighted by Gasteiger charge is 2.32. The Morgan fingerprint density at radius 1 is 1.47 bits per heavy atom. The Morgan fingerprint density at radius 2 is 2.29 bits per heavy atom. The number of hydrogen-bond acceptors (Lipinski definition) is 3. The van der Waals surface area contributed by atoms with Crippen LogP contribution in [0.2, 0.25) is 0 Å². The Labute approximate surface area is 104 Å². The van der Waals surface area contributed by atoms with Gasteiger partial charge in [0.2, 0.25) is 0 Å². The van der Waals surface area contributed by atoms with E-state index in [4.69, 9.17) is 4.42 Å². The highest BCUT2D eigenvalue weighted by Crippen LogP contribution is 2.30. The first-order valence-corrected chi connectivity index (χ1v) is 6.64. The molecule has 1 saturated heterocycles. The van der Waals surface area contributed by atoms with Crippen LogP contribution in [-0.4, -0.2) is 23.5 Å². The lowest BCUT2D eigenvalue weighted by Crippen LogP contribution is -2.37. The van der Waals surface area contributed by atoms with Gasteiger partial charge in [-0.2, -0.15) is 0 Å². The van der Waals surface area contributed by atoms with Crippen molar-refractivity contribution in [2.24, 2.45) is 0 Å². The minimum absolute atomic E-state index is 0.340. The summed E-state index contributed by atoms with van der Waals surface area (Å²) in [6.07, 6.45) is 4.42. The predicted molar refractivity (Wildman–Crippen MR) is 69.8 cm³/mol. The van der Waals surface area contributed by atoms with E-state index in [1.54, 1.807) is 0 Å². The molecular weight excluding hydrogens is 212 g/mol. The van der Waals surface area contributed by atoms with Crippen molar-refractivity contribution >= 4 is 0 Å². The molecule has 0 bridgehead atoms. The molecule has 0 amide bonds. The summed E-state index contributed by atoms with van der Waals surface area (Å²) in [7, 11) is 0. The second kappa shape index (κ2) is 5.23. The lowest BCUT2D eigenvalue weighted by molar-refractivity contribution is 0.165. The summed E-state index contributed by atoms with van der Waals surface area (Å²) in [5, 5.41) is 3.32. The molecule has 0 spiro atoms. The number of likely N-dealkylation sites (tertiary alicyclic amines) is 1. The molecule has 1 aromatic rings. The van der Waals surface area contributed by atoms with Crippen LogP contribution in [0, 0.1) is 0 Å². The van der Waals surface area contributed by atoms with Crippen LogP contribution < -0.4 is 5.32 Å². The van der Waals surface area contributed by atoms with Gasteiger partial charge in [-0.3, -0.25) is 4.90 Å². The number of rotatable bonds is 5. The molecule has 0 aromatic carbocycles. The SMILES string of the molecule is CCNCc1occc1CN1CCCC1(C)C. The maximum atomic E-state index is 5.56. The predicted octanol–water partition coefficient (Wildman–Crippen LogP) is 2.76. The van der Waals surface area contributed by atoms with E-state index in [-0.39, 0.29) is 0 Å². The van der Waals surface area contributed by atoms with Crippen LogP contribution >= 0.6 is 0 Å². The number of hydrogen-bond donors (Lipinski definition) is 1. The summed E-state index contributed by atoms with van der Waals surface area (Å²) in [4.78, 5) is 2.56. The lowest BCUT2D eigenvalue weighted by atomic mass is 10.0. The molecule has 2 heterocycles. The van der Waals surface area contributed by atoms with Crippen molar-refractivity contribution in [2.45, 2.75) is 52.2 Å². The Kier molecular flexibility index (Phi) is 3.89. The maximum absolute atomic E-state index is 5.56. The van der Waals surface area contributed by atoms with Gasteiger partial charge in [-0.1, -0.05) is 6.92 Å². The van der Waals surface area contributed by atoms with E-state index in [2.05, 4.69) is 37.1 Å². The zero-order chi connectivity index (χ0) is 12.3. The molecule has 1 aromatic heterocycles. The molecule has 2 rings (SSSR count). The molecule has 0 aliphatic carbocycles. The molecule has 1 N–H and O–H groups in total. The summed E-state index contributed by atoms with van der Waals surface area (Å²) in [6.45, 7) is 10.8.